The van der Waals surface area contributed by atoms with Crippen molar-refractivity contribution in [3.05, 3.63) is 29.8 Å². The van der Waals surface area contributed by atoms with Crippen molar-refractivity contribution >= 4 is 5.91 Å². The molecule has 1 fully saturated rings. The Bertz CT molecular complexity index is 419. The van der Waals surface area contributed by atoms with Gasteiger partial charge >= 0.3 is 0 Å². The van der Waals surface area contributed by atoms with Crippen LogP contribution in [-0.2, 0) is 4.79 Å². The van der Waals surface area contributed by atoms with Crippen molar-refractivity contribution in [3.8, 4) is 5.75 Å². The van der Waals surface area contributed by atoms with Crippen LogP contribution in [0.1, 0.15) is 18.0 Å². The van der Waals surface area contributed by atoms with Crippen LogP contribution in [-0.4, -0.2) is 44.1 Å². The number of hydrogen-bond donors (Lipinski definition) is 2. The van der Waals surface area contributed by atoms with Gasteiger partial charge < -0.3 is 15.8 Å². The Morgan fingerprint density at radius 3 is 2.79 bits per heavy atom. The second kappa shape index (κ2) is 6.54. The van der Waals surface area contributed by atoms with Gasteiger partial charge in [-0.05, 0) is 24.1 Å². The van der Waals surface area contributed by atoms with Crippen LogP contribution in [0.15, 0.2) is 24.3 Å². The van der Waals surface area contributed by atoms with Crippen LogP contribution in [0.4, 0.5) is 0 Å². The normalized spacial score (nSPS) is 18.5. The second-order valence-electron chi connectivity index (χ2n) is 4.70. The number of nitrogens with one attached hydrogen (secondary N) is 1. The molecule has 1 aromatic carbocycles. The van der Waals surface area contributed by atoms with E-state index in [2.05, 4.69) is 10.2 Å². The highest BCUT2D eigenvalue weighted by molar-refractivity contribution is 5.78. The number of rotatable bonds is 4. The number of hydrogen-bond acceptors (Lipinski definition) is 4. The molecular weight excluding hydrogens is 242 g/mol. The number of carbonyl (C=O) groups is 1. The van der Waals surface area contributed by atoms with Crippen molar-refractivity contribution in [1.82, 2.24) is 10.2 Å². The molecule has 1 amide bonds. The lowest BCUT2D eigenvalue weighted by Gasteiger charge is -2.29. The Kier molecular flexibility index (Phi) is 4.76. The molecule has 0 aliphatic carbocycles. The highest BCUT2D eigenvalue weighted by Gasteiger charge is 2.23. The van der Waals surface area contributed by atoms with Crippen LogP contribution >= 0.6 is 0 Å². The van der Waals surface area contributed by atoms with Crippen LogP contribution in [0.2, 0.25) is 0 Å². The molecule has 0 radical (unpaired) electrons. The van der Waals surface area contributed by atoms with Crippen LogP contribution in [0.5, 0.6) is 5.75 Å². The predicted octanol–water partition coefficient (Wildman–Crippen LogP) is 0.517. The molecule has 1 aliphatic heterocycles. The third-order valence-corrected chi connectivity index (χ3v) is 3.46. The number of benzene rings is 1. The third-order valence-electron chi connectivity index (χ3n) is 3.46. The average molecular weight is 263 g/mol. The van der Waals surface area contributed by atoms with E-state index in [0.717, 1.165) is 30.8 Å². The molecule has 3 N–H and O–H groups in total. The van der Waals surface area contributed by atoms with E-state index < -0.39 is 0 Å². The molecule has 19 heavy (non-hydrogen) atoms. The van der Waals surface area contributed by atoms with E-state index in [1.54, 1.807) is 7.11 Å². The van der Waals surface area contributed by atoms with E-state index >= 15 is 0 Å². The van der Waals surface area contributed by atoms with Crippen molar-refractivity contribution < 1.29 is 9.53 Å². The van der Waals surface area contributed by atoms with Crippen LogP contribution in [0.3, 0.4) is 0 Å². The number of ether oxygens (including phenoxy) is 1. The van der Waals surface area contributed by atoms with Gasteiger partial charge in [-0.15, -0.1) is 0 Å². The van der Waals surface area contributed by atoms with Gasteiger partial charge in [-0.3, -0.25) is 9.69 Å². The highest BCUT2D eigenvalue weighted by atomic mass is 16.5. The summed E-state index contributed by atoms with van der Waals surface area (Å²) in [5.74, 6) is 0.901. The van der Waals surface area contributed by atoms with E-state index in [-0.39, 0.29) is 11.9 Å². The van der Waals surface area contributed by atoms with Gasteiger partial charge in [0.25, 0.3) is 0 Å². The van der Waals surface area contributed by atoms with Crippen LogP contribution in [0.25, 0.3) is 0 Å². The molecule has 1 saturated heterocycles. The molecule has 1 atom stereocenters. The standard InChI is InChI=1S/C14H21N3O2/c1-19-12-5-3-11(4-6-12)13(9-15)17-8-2-7-16-14(18)10-17/h3-6,13H,2,7-10,15H2,1H3,(H,16,18). The van der Waals surface area contributed by atoms with Gasteiger partial charge in [0, 0.05) is 25.7 Å². The van der Waals surface area contributed by atoms with Gasteiger partial charge in [0.2, 0.25) is 5.91 Å². The Balaban J connectivity index is 2.14. The van der Waals surface area contributed by atoms with Crippen molar-refractivity contribution in [2.45, 2.75) is 12.5 Å². The zero-order valence-electron chi connectivity index (χ0n) is 11.3. The van der Waals surface area contributed by atoms with E-state index in [9.17, 15) is 4.79 Å². The van der Waals surface area contributed by atoms with Gasteiger partial charge in [-0.25, -0.2) is 0 Å². The zero-order chi connectivity index (χ0) is 13.7. The summed E-state index contributed by atoms with van der Waals surface area (Å²) in [5, 5.41) is 2.88. The monoisotopic (exact) mass is 263 g/mol. The minimum atomic E-state index is 0.0736. The fraction of sp³-hybridized carbons (Fsp3) is 0.500. The lowest BCUT2D eigenvalue weighted by Crippen LogP contribution is -2.38. The van der Waals surface area contributed by atoms with E-state index in [1.165, 1.54) is 0 Å². The first kappa shape index (κ1) is 13.8. The zero-order valence-corrected chi connectivity index (χ0v) is 11.3. The summed E-state index contributed by atoms with van der Waals surface area (Å²) in [6.07, 6.45) is 0.957. The third kappa shape index (κ3) is 3.45. The number of methoxy groups -OCH3 is 1. The quantitative estimate of drug-likeness (QED) is 0.831. The van der Waals surface area contributed by atoms with Crippen molar-refractivity contribution in [1.29, 1.82) is 0 Å². The second-order valence-corrected chi connectivity index (χ2v) is 4.70. The molecule has 2 rings (SSSR count). The summed E-state index contributed by atoms with van der Waals surface area (Å²) in [5.41, 5.74) is 7.02. The SMILES string of the molecule is COc1ccc(C(CN)N2CCCNC(=O)C2)cc1. The Hall–Kier alpha value is -1.59. The first-order valence-corrected chi connectivity index (χ1v) is 6.59. The van der Waals surface area contributed by atoms with Gasteiger partial charge in [0.1, 0.15) is 5.75 Å². The maximum atomic E-state index is 11.6. The Morgan fingerprint density at radius 1 is 1.42 bits per heavy atom. The summed E-state index contributed by atoms with van der Waals surface area (Å²) in [6, 6.07) is 7.96. The van der Waals surface area contributed by atoms with Gasteiger partial charge in [-0.1, -0.05) is 12.1 Å². The first-order chi connectivity index (χ1) is 9.24. The summed E-state index contributed by atoms with van der Waals surface area (Å²) in [6.45, 7) is 2.54. The average Bonchev–Trinajstić information content (AvgIpc) is 2.65. The number of nitrogens with two attached hydrogens (primary N) is 1. The lowest BCUT2D eigenvalue weighted by atomic mass is 10.0. The van der Waals surface area contributed by atoms with Crippen molar-refractivity contribution in [2.24, 2.45) is 5.73 Å². The van der Waals surface area contributed by atoms with E-state index in [4.69, 9.17) is 10.5 Å². The van der Waals surface area contributed by atoms with Gasteiger partial charge in [0.15, 0.2) is 0 Å². The predicted molar refractivity (Wildman–Crippen MR) is 74.0 cm³/mol. The number of carbonyl (C=O) groups excluding carboxylic acids is 1. The molecule has 1 heterocycles. The van der Waals surface area contributed by atoms with E-state index in [1.807, 2.05) is 24.3 Å². The molecule has 1 aromatic rings. The lowest BCUT2D eigenvalue weighted by molar-refractivity contribution is -0.121. The maximum absolute atomic E-state index is 11.6. The Morgan fingerprint density at radius 2 is 2.16 bits per heavy atom. The molecule has 5 heteroatoms. The summed E-state index contributed by atoms with van der Waals surface area (Å²) in [4.78, 5) is 13.8. The molecule has 1 unspecified atom stereocenters. The summed E-state index contributed by atoms with van der Waals surface area (Å²) < 4.78 is 5.16. The molecule has 104 valence electrons. The van der Waals surface area contributed by atoms with Crippen LogP contribution < -0.4 is 15.8 Å². The molecule has 0 saturated carbocycles. The van der Waals surface area contributed by atoms with Crippen molar-refractivity contribution in [2.75, 3.05) is 33.3 Å². The molecular formula is C14H21N3O2. The Labute approximate surface area is 113 Å². The van der Waals surface area contributed by atoms with Gasteiger partial charge in [-0.2, -0.15) is 0 Å². The molecule has 0 bridgehead atoms. The maximum Gasteiger partial charge on any atom is 0.234 e. The van der Waals surface area contributed by atoms with Crippen LogP contribution in [0, 0.1) is 0 Å². The minimum Gasteiger partial charge on any atom is -0.497 e. The van der Waals surface area contributed by atoms with Gasteiger partial charge in [0.05, 0.1) is 13.7 Å². The fourth-order valence-electron chi connectivity index (χ4n) is 2.42. The summed E-state index contributed by atoms with van der Waals surface area (Å²) >= 11 is 0. The van der Waals surface area contributed by atoms with Crippen molar-refractivity contribution in [3.63, 3.8) is 0 Å². The molecule has 1 aliphatic rings. The molecule has 0 spiro atoms. The summed E-state index contributed by atoms with van der Waals surface area (Å²) in [7, 11) is 1.65. The largest absolute Gasteiger partial charge is 0.497 e. The highest BCUT2D eigenvalue weighted by Crippen LogP contribution is 2.22. The molecule has 0 aromatic heterocycles. The minimum absolute atomic E-state index is 0.0736. The molecule has 5 nitrogen and oxygen atoms in total. The number of amides is 1. The van der Waals surface area contributed by atoms with E-state index in [0.29, 0.717) is 13.1 Å². The first-order valence-electron chi connectivity index (χ1n) is 6.59. The topological polar surface area (TPSA) is 67.6 Å². The smallest absolute Gasteiger partial charge is 0.234 e. The fourth-order valence-corrected chi connectivity index (χ4v) is 2.42. The number of nitrogens with zero attached hydrogens (tertiary/aromatic N) is 1.